The topological polar surface area (TPSA) is 63.4 Å². The second kappa shape index (κ2) is 6.46. The number of hydrogen-bond donors (Lipinski definition) is 1. The summed E-state index contributed by atoms with van der Waals surface area (Å²) in [4.78, 5) is 0.487. The van der Waals surface area contributed by atoms with E-state index in [1.807, 2.05) is 32.9 Å². The van der Waals surface area contributed by atoms with Crippen LogP contribution in [0.15, 0.2) is 17.0 Å². The van der Waals surface area contributed by atoms with Crippen molar-refractivity contribution in [1.29, 1.82) is 0 Å². The molecule has 0 bridgehead atoms. The molecule has 2 N–H and O–H groups in total. The van der Waals surface area contributed by atoms with E-state index in [1.54, 1.807) is 4.31 Å². The zero-order valence-electron chi connectivity index (χ0n) is 13.2. The Bertz CT molecular complexity index is 586. The molecule has 1 fully saturated rings. The van der Waals surface area contributed by atoms with E-state index in [9.17, 15) is 8.42 Å². The molecule has 0 aromatic heterocycles. The van der Waals surface area contributed by atoms with E-state index in [1.165, 1.54) is 0 Å². The number of sulfonamides is 1. The molecule has 0 amide bonds. The Kier molecular flexibility index (Phi) is 5.07. The number of aryl methyl sites for hydroxylation is 3. The maximum atomic E-state index is 13.0. The van der Waals surface area contributed by atoms with Crippen molar-refractivity contribution < 1.29 is 8.42 Å². The Balaban J connectivity index is 2.34. The van der Waals surface area contributed by atoms with Gasteiger partial charge in [0.15, 0.2) is 0 Å². The highest BCUT2D eigenvalue weighted by atomic mass is 32.2. The predicted molar refractivity (Wildman–Crippen MR) is 85.8 cm³/mol. The van der Waals surface area contributed by atoms with Crippen molar-refractivity contribution in [2.75, 3.05) is 19.6 Å². The van der Waals surface area contributed by atoms with Crippen molar-refractivity contribution in [2.24, 2.45) is 11.7 Å². The molecule has 0 spiro atoms. The molecule has 1 unspecified atom stereocenters. The summed E-state index contributed by atoms with van der Waals surface area (Å²) in [6.45, 7) is 7.61. The number of benzene rings is 1. The largest absolute Gasteiger partial charge is 0.330 e. The minimum absolute atomic E-state index is 0.393. The predicted octanol–water partition coefficient (Wildman–Crippen LogP) is 2.36. The molecule has 1 atom stereocenters. The Labute approximate surface area is 128 Å². The van der Waals surface area contributed by atoms with Crippen LogP contribution in [-0.4, -0.2) is 32.4 Å². The van der Waals surface area contributed by atoms with Gasteiger partial charge in [0.05, 0.1) is 4.90 Å². The molecule has 118 valence electrons. The summed E-state index contributed by atoms with van der Waals surface area (Å²) in [5, 5.41) is 0. The van der Waals surface area contributed by atoms with E-state index in [0.717, 1.165) is 36.0 Å². The molecule has 0 aliphatic carbocycles. The molecule has 1 aliphatic heterocycles. The Morgan fingerprint density at radius 2 is 1.86 bits per heavy atom. The van der Waals surface area contributed by atoms with Gasteiger partial charge in [-0.3, -0.25) is 0 Å². The van der Waals surface area contributed by atoms with Crippen molar-refractivity contribution in [1.82, 2.24) is 4.31 Å². The average Bonchev–Trinajstić information content (AvgIpc) is 2.37. The molecular weight excluding hydrogens is 284 g/mol. The van der Waals surface area contributed by atoms with Crippen LogP contribution in [0.4, 0.5) is 0 Å². The quantitative estimate of drug-likeness (QED) is 0.928. The zero-order valence-corrected chi connectivity index (χ0v) is 14.0. The number of piperidine rings is 1. The van der Waals surface area contributed by atoms with E-state index >= 15 is 0 Å². The molecule has 0 saturated carbocycles. The SMILES string of the molecule is Cc1cc(C)c(S(=O)(=O)N2CCCC(CCN)C2)c(C)c1. The van der Waals surface area contributed by atoms with Gasteiger partial charge in [-0.1, -0.05) is 17.7 Å². The van der Waals surface area contributed by atoms with Gasteiger partial charge in [-0.2, -0.15) is 4.31 Å². The van der Waals surface area contributed by atoms with E-state index in [2.05, 4.69) is 0 Å². The van der Waals surface area contributed by atoms with Crippen LogP contribution in [0.25, 0.3) is 0 Å². The first-order valence-corrected chi connectivity index (χ1v) is 9.08. The number of nitrogens with two attached hydrogens (primary N) is 1. The second-order valence-electron chi connectivity index (χ2n) is 6.18. The molecule has 2 rings (SSSR count). The van der Waals surface area contributed by atoms with Gasteiger partial charge in [0.2, 0.25) is 10.0 Å². The highest BCUT2D eigenvalue weighted by molar-refractivity contribution is 7.89. The van der Waals surface area contributed by atoms with Gasteiger partial charge >= 0.3 is 0 Å². The minimum Gasteiger partial charge on any atom is -0.330 e. The Morgan fingerprint density at radius 1 is 1.24 bits per heavy atom. The van der Waals surface area contributed by atoms with Gasteiger partial charge < -0.3 is 5.73 Å². The van der Waals surface area contributed by atoms with Crippen LogP contribution < -0.4 is 5.73 Å². The van der Waals surface area contributed by atoms with Crippen LogP contribution in [-0.2, 0) is 10.0 Å². The molecule has 1 saturated heterocycles. The van der Waals surface area contributed by atoms with Crippen molar-refractivity contribution in [2.45, 2.75) is 44.9 Å². The number of nitrogens with zero attached hydrogens (tertiary/aromatic N) is 1. The van der Waals surface area contributed by atoms with Crippen LogP contribution in [0.2, 0.25) is 0 Å². The maximum absolute atomic E-state index is 13.0. The van der Waals surface area contributed by atoms with Crippen LogP contribution >= 0.6 is 0 Å². The summed E-state index contributed by atoms with van der Waals surface area (Å²) in [6.07, 6.45) is 2.90. The van der Waals surface area contributed by atoms with E-state index < -0.39 is 10.0 Å². The van der Waals surface area contributed by atoms with Gasteiger partial charge in [-0.15, -0.1) is 0 Å². The smallest absolute Gasteiger partial charge is 0.243 e. The summed E-state index contributed by atoms with van der Waals surface area (Å²) < 4.78 is 27.6. The van der Waals surface area contributed by atoms with Crippen LogP contribution in [0, 0.1) is 26.7 Å². The first-order chi connectivity index (χ1) is 9.86. The molecular formula is C16H26N2O2S. The third-order valence-electron chi connectivity index (χ3n) is 4.26. The lowest BCUT2D eigenvalue weighted by atomic mass is 9.96. The molecule has 1 aliphatic rings. The molecule has 4 nitrogen and oxygen atoms in total. The summed E-state index contributed by atoms with van der Waals surface area (Å²) in [5.74, 6) is 0.393. The molecule has 1 heterocycles. The summed E-state index contributed by atoms with van der Waals surface area (Å²) in [5.41, 5.74) is 8.40. The van der Waals surface area contributed by atoms with Gasteiger partial charge in [0.25, 0.3) is 0 Å². The van der Waals surface area contributed by atoms with Crippen molar-refractivity contribution in [3.05, 3.63) is 28.8 Å². The summed E-state index contributed by atoms with van der Waals surface area (Å²) in [7, 11) is -3.40. The van der Waals surface area contributed by atoms with Gasteiger partial charge in [0.1, 0.15) is 0 Å². The fraction of sp³-hybridized carbons (Fsp3) is 0.625. The molecule has 0 radical (unpaired) electrons. The molecule has 1 aromatic rings. The van der Waals surface area contributed by atoms with Crippen molar-refractivity contribution in [3.8, 4) is 0 Å². The first-order valence-electron chi connectivity index (χ1n) is 7.64. The fourth-order valence-electron chi connectivity index (χ4n) is 3.42. The van der Waals surface area contributed by atoms with Crippen molar-refractivity contribution in [3.63, 3.8) is 0 Å². The van der Waals surface area contributed by atoms with Crippen LogP contribution in [0.3, 0.4) is 0 Å². The molecule has 21 heavy (non-hydrogen) atoms. The standard InChI is InChI=1S/C16H26N2O2S/c1-12-9-13(2)16(14(3)10-12)21(19,20)18-8-4-5-15(11-18)6-7-17/h9-10,15H,4-8,11,17H2,1-3H3. The van der Waals surface area contributed by atoms with Crippen LogP contribution in [0.5, 0.6) is 0 Å². The Morgan fingerprint density at radius 3 is 2.43 bits per heavy atom. The Hall–Kier alpha value is -0.910. The second-order valence-corrected chi connectivity index (χ2v) is 8.05. The first kappa shape index (κ1) is 16.5. The third-order valence-corrected chi connectivity index (χ3v) is 6.43. The van der Waals surface area contributed by atoms with Gasteiger partial charge in [-0.25, -0.2) is 8.42 Å². The van der Waals surface area contributed by atoms with Gasteiger partial charge in [-0.05, 0) is 63.6 Å². The van der Waals surface area contributed by atoms with Gasteiger partial charge in [0, 0.05) is 13.1 Å². The summed E-state index contributed by atoms with van der Waals surface area (Å²) >= 11 is 0. The molecule has 5 heteroatoms. The lowest BCUT2D eigenvalue weighted by Gasteiger charge is -2.32. The summed E-state index contributed by atoms with van der Waals surface area (Å²) in [6, 6.07) is 3.89. The van der Waals surface area contributed by atoms with E-state index in [4.69, 9.17) is 5.73 Å². The lowest BCUT2D eigenvalue weighted by molar-refractivity contribution is 0.258. The third kappa shape index (κ3) is 3.47. The number of rotatable bonds is 4. The monoisotopic (exact) mass is 310 g/mol. The maximum Gasteiger partial charge on any atom is 0.243 e. The number of hydrogen-bond acceptors (Lipinski definition) is 3. The van der Waals surface area contributed by atoms with E-state index in [0.29, 0.717) is 30.4 Å². The highest BCUT2D eigenvalue weighted by Gasteiger charge is 2.31. The highest BCUT2D eigenvalue weighted by Crippen LogP contribution is 2.29. The normalized spacial score (nSPS) is 20.7. The van der Waals surface area contributed by atoms with Crippen molar-refractivity contribution >= 4 is 10.0 Å². The average molecular weight is 310 g/mol. The van der Waals surface area contributed by atoms with E-state index in [-0.39, 0.29) is 0 Å². The van der Waals surface area contributed by atoms with Crippen LogP contribution in [0.1, 0.15) is 36.0 Å². The zero-order chi connectivity index (χ0) is 15.6. The molecule has 1 aromatic carbocycles. The fourth-order valence-corrected chi connectivity index (χ4v) is 5.39. The lowest BCUT2D eigenvalue weighted by Crippen LogP contribution is -2.40. The minimum atomic E-state index is -3.40.